The topological polar surface area (TPSA) is 12.0 Å². The van der Waals surface area contributed by atoms with Crippen molar-refractivity contribution in [1.29, 1.82) is 0 Å². The molecule has 1 fully saturated rings. The molecule has 3 atom stereocenters. The van der Waals surface area contributed by atoms with Crippen molar-refractivity contribution in [1.82, 2.24) is 5.32 Å². The van der Waals surface area contributed by atoms with E-state index in [0.29, 0.717) is 6.04 Å². The van der Waals surface area contributed by atoms with Gasteiger partial charge in [-0.2, -0.15) is 0 Å². The van der Waals surface area contributed by atoms with Gasteiger partial charge in [0.2, 0.25) is 0 Å². The molecule has 3 unspecified atom stereocenters. The molecule has 1 aliphatic carbocycles. The Morgan fingerprint density at radius 2 is 2.33 bits per heavy atom. The van der Waals surface area contributed by atoms with Gasteiger partial charge in [0.1, 0.15) is 0 Å². The lowest BCUT2D eigenvalue weighted by Crippen LogP contribution is -2.25. The Labute approximate surface area is 57.1 Å². The first-order valence-corrected chi connectivity index (χ1v) is 3.59. The van der Waals surface area contributed by atoms with E-state index in [1.807, 2.05) is 13.1 Å². The largest absolute Gasteiger partial charge is 0.313 e. The van der Waals surface area contributed by atoms with E-state index in [0.717, 1.165) is 11.8 Å². The zero-order valence-corrected chi connectivity index (χ0v) is 6.22. The van der Waals surface area contributed by atoms with Gasteiger partial charge < -0.3 is 5.32 Å². The Morgan fingerprint density at radius 1 is 1.78 bits per heavy atom. The van der Waals surface area contributed by atoms with Crippen LogP contribution in [0.4, 0.5) is 0 Å². The second kappa shape index (κ2) is 2.53. The van der Waals surface area contributed by atoms with Gasteiger partial charge in [0, 0.05) is 6.04 Å². The van der Waals surface area contributed by atoms with Crippen molar-refractivity contribution < 1.29 is 0 Å². The van der Waals surface area contributed by atoms with Gasteiger partial charge in [0.25, 0.3) is 0 Å². The predicted octanol–water partition coefficient (Wildman–Crippen LogP) is 1.42. The summed E-state index contributed by atoms with van der Waals surface area (Å²) in [5.74, 6) is 1.79. The van der Waals surface area contributed by atoms with Crippen LogP contribution in [0.2, 0.25) is 0 Å². The van der Waals surface area contributed by atoms with Crippen LogP contribution in [0.25, 0.3) is 0 Å². The molecule has 1 nitrogen and oxygen atoms in total. The standard InChI is InChI=1S/C8H15N/c1-4-8(9-3)7-5-6(7)2/h4,6-9H,1,5H2,2-3H3. The second-order valence-electron chi connectivity index (χ2n) is 2.93. The van der Waals surface area contributed by atoms with Gasteiger partial charge in [-0.1, -0.05) is 13.0 Å². The van der Waals surface area contributed by atoms with Crippen molar-refractivity contribution in [2.45, 2.75) is 19.4 Å². The molecule has 52 valence electrons. The van der Waals surface area contributed by atoms with Gasteiger partial charge in [-0.3, -0.25) is 0 Å². The van der Waals surface area contributed by atoms with Crippen LogP contribution in [0.3, 0.4) is 0 Å². The second-order valence-corrected chi connectivity index (χ2v) is 2.93. The SMILES string of the molecule is C=CC(NC)C1CC1C. The number of rotatable bonds is 3. The zero-order valence-electron chi connectivity index (χ0n) is 6.22. The van der Waals surface area contributed by atoms with Crippen LogP contribution in [0.1, 0.15) is 13.3 Å². The van der Waals surface area contributed by atoms with E-state index in [1.165, 1.54) is 6.42 Å². The molecular formula is C8H15N. The van der Waals surface area contributed by atoms with Crippen molar-refractivity contribution in [2.75, 3.05) is 7.05 Å². The lowest BCUT2D eigenvalue weighted by Gasteiger charge is -2.08. The molecule has 1 rings (SSSR count). The van der Waals surface area contributed by atoms with Crippen molar-refractivity contribution in [2.24, 2.45) is 11.8 Å². The third-order valence-corrected chi connectivity index (χ3v) is 2.22. The molecule has 0 amide bonds. The minimum absolute atomic E-state index is 0.556. The van der Waals surface area contributed by atoms with Crippen LogP contribution >= 0.6 is 0 Å². The van der Waals surface area contributed by atoms with Crippen molar-refractivity contribution in [3.63, 3.8) is 0 Å². The molecule has 0 aromatic carbocycles. The Bertz CT molecular complexity index is 109. The van der Waals surface area contributed by atoms with E-state index < -0.39 is 0 Å². The molecular weight excluding hydrogens is 110 g/mol. The summed E-state index contributed by atoms with van der Waals surface area (Å²) >= 11 is 0. The first-order chi connectivity index (χ1) is 4.29. The first kappa shape index (κ1) is 6.81. The summed E-state index contributed by atoms with van der Waals surface area (Å²) in [4.78, 5) is 0. The maximum absolute atomic E-state index is 3.77. The molecule has 0 heterocycles. The van der Waals surface area contributed by atoms with Crippen molar-refractivity contribution >= 4 is 0 Å². The van der Waals surface area contributed by atoms with Gasteiger partial charge in [0.05, 0.1) is 0 Å². The summed E-state index contributed by atoms with van der Waals surface area (Å²) in [6.45, 7) is 6.06. The molecule has 1 saturated carbocycles. The average Bonchev–Trinajstić information content (AvgIpc) is 2.51. The summed E-state index contributed by atoms with van der Waals surface area (Å²) in [7, 11) is 2.00. The maximum atomic E-state index is 3.77. The Kier molecular flexibility index (Phi) is 1.91. The van der Waals surface area contributed by atoms with Crippen molar-refractivity contribution in [3.05, 3.63) is 12.7 Å². The molecule has 0 spiro atoms. The fourth-order valence-corrected chi connectivity index (χ4v) is 1.36. The maximum Gasteiger partial charge on any atom is 0.0275 e. The highest BCUT2D eigenvalue weighted by Gasteiger charge is 2.37. The highest BCUT2D eigenvalue weighted by Crippen LogP contribution is 2.40. The fourth-order valence-electron chi connectivity index (χ4n) is 1.36. The van der Waals surface area contributed by atoms with E-state index in [9.17, 15) is 0 Å². The first-order valence-electron chi connectivity index (χ1n) is 3.59. The van der Waals surface area contributed by atoms with Crippen LogP contribution in [-0.4, -0.2) is 13.1 Å². The van der Waals surface area contributed by atoms with E-state index in [2.05, 4.69) is 18.8 Å². The third-order valence-electron chi connectivity index (χ3n) is 2.22. The molecule has 1 heteroatoms. The van der Waals surface area contributed by atoms with E-state index in [-0.39, 0.29) is 0 Å². The van der Waals surface area contributed by atoms with Gasteiger partial charge in [-0.05, 0) is 25.3 Å². The van der Waals surface area contributed by atoms with Crippen LogP contribution in [-0.2, 0) is 0 Å². The minimum Gasteiger partial charge on any atom is -0.313 e. The molecule has 1 N–H and O–H groups in total. The normalized spacial score (nSPS) is 35.8. The summed E-state index contributed by atoms with van der Waals surface area (Å²) in [6, 6.07) is 0.556. The number of hydrogen-bond acceptors (Lipinski definition) is 1. The van der Waals surface area contributed by atoms with Gasteiger partial charge >= 0.3 is 0 Å². The van der Waals surface area contributed by atoms with Gasteiger partial charge in [0.15, 0.2) is 0 Å². The molecule has 0 radical (unpaired) electrons. The molecule has 0 aromatic rings. The number of hydrogen-bond donors (Lipinski definition) is 1. The lowest BCUT2D eigenvalue weighted by atomic mass is 10.1. The smallest absolute Gasteiger partial charge is 0.0275 e. The molecule has 0 bridgehead atoms. The van der Waals surface area contributed by atoms with Crippen LogP contribution in [0.15, 0.2) is 12.7 Å². The number of nitrogens with one attached hydrogen (secondary N) is 1. The van der Waals surface area contributed by atoms with E-state index >= 15 is 0 Å². The molecule has 1 aliphatic rings. The van der Waals surface area contributed by atoms with Crippen LogP contribution < -0.4 is 5.32 Å². The summed E-state index contributed by atoms with van der Waals surface area (Å²) < 4.78 is 0. The third kappa shape index (κ3) is 1.33. The summed E-state index contributed by atoms with van der Waals surface area (Å²) in [5, 5.41) is 3.23. The summed E-state index contributed by atoms with van der Waals surface area (Å²) in [6.07, 6.45) is 3.38. The highest BCUT2D eigenvalue weighted by molar-refractivity contribution is 5.00. The Hall–Kier alpha value is -0.300. The molecule has 0 aliphatic heterocycles. The monoisotopic (exact) mass is 125 g/mol. The summed E-state index contributed by atoms with van der Waals surface area (Å²) in [5.41, 5.74) is 0. The van der Waals surface area contributed by atoms with Gasteiger partial charge in [-0.25, -0.2) is 0 Å². The Balaban J connectivity index is 2.31. The molecule has 9 heavy (non-hydrogen) atoms. The molecule has 0 saturated heterocycles. The predicted molar refractivity (Wildman–Crippen MR) is 40.3 cm³/mol. The quantitative estimate of drug-likeness (QED) is 0.562. The lowest BCUT2D eigenvalue weighted by molar-refractivity contribution is 0.567. The fraction of sp³-hybridized carbons (Fsp3) is 0.750. The van der Waals surface area contributed by atoms with Crippen LogP contribution in [0.5, 0.6) is 0 Å². The van der Waals surface area contributed by atoms with E-state index in [4.69, 9.17) is 0 Å². The number of likely N-dealkylation sites (N-methyl/N-ethyl adjacent to an activating group) is 1. The zero-order chi connectivity index (χ0) is 6.85. The Morgan fingerprint density at radius 3 is 2.44 bits per heavy atom. The highest BCUT2D eigenvalue weighted by atomic mass is 14.9. The van der Waals surface area contributed by atoms with Gasteiger partial charge in [-0.15, -0.1) is 6.58 Å². The average molecular weight is 125 g/mol. The van der Waals surface area contributed by atoms with Crippen LogP contribution in [0, 0.1) is 11.8 Å². The molecule has 0 aromatic heterocycles. The minimum atomic E-state index is 0.556. The van der Waals surface area contributed by atoms with Crippen molar-refractivity contribution in [3.8, 4) is 0 Å². The van der Waals surface area contributed by atoms with E-state index in [1.54, 1.807) is 0 Å².